The van der Waals surface area contributed by atoms with Crippen LogP contribution in [0.4, 0.5) is 0 Å². The van der Waals surface area contributed by atoms with E-state index in [0.29, 0.717) is 12.1 Å². The van der Waals surface area contributed by atoms with Gasteiger partial charge in [0.05, 0.1) is 6.42 Å². The minimum absolute atomic E-state index is 0. The van der Waals surface area contributed by atoms with Crippen LogP contribution in [-0.4, -0.2) is 16.2 Å². The van der Waals surface area contributed by atoms with E-state index in [2.05, 4.69) is 10.4 Å². The van der Waals surface area contributed by atoms with Gasteiger partial charge in [0, 0.05) is 23.1 Å². The van der Waals surface area contributed by atoms with Gasteiger partial charge in [-0.05, 0) is 30.4 Å². The Kier molecular flexibility index (Phi) is 6.50. The lowest BCUT2D eigenvalue weighted by Gasteiger charge is -2.03. The third kappa shape index (κ3) is 4.60. The van der Waals surface area contributed by atoms with Gasteiger partial charge in [0.2, 0.25) is 0 Å². The van der Waals surface area contributed by atoms with Gasteiger partial charge >= 0.3 is 5.91 Å². The molecule has 1 rings (SSSR count). The van der Waals surface area contributed by atoms with Crippen molar-refractivity contribution in [3.8, 4) is 0 Å². The van der Waals surface area contributed by atoms with E-state index < -0.39 is 5.91 Å². The predicted molar refractivity (Wildman–Crippen MR) is 63.7 cm³/mol. The van der Waals surface area contributed by atoms with Gasteiger partial charge in [-0.2, -0.15) is 0 Å². The first-order chi connectivity index (χ1) is 7.65. The zero-order valence-corrected chi connectivity index (χ0v) is 9.93. The van der Waals surface area contributed by atoms with Crippen LogP contribution in [-0.2, 0) is 4.79 Å². The van der Waals surface area contributed by atoms with Crippen molar-refractivity contribution in [3.05, 3.63) is 41.0 Å². The molecule has 1 aliphatic rings. The van der Waals surface area contributed by atoms with E-state index in [1.807, 2.05) is 6.92 Å². The van der Waals surface area contributed by atoms with Crippen LogP contribution in [0, 0.1) is 5.21 Å². The Hall–Kier alpha value is -1.95. The Balaban J connectivity index is 0.00000256. The highest BCUT2D eigenvalue weighted by Crippen LogP contribution is 2.11. The van der Waals surface area contributed by atoms with Crippen LogP contribution >= 0.6 is 0 Å². The van der Waals surface area contributed by atoms with Crippen molar-refractivity contribution in [2.75, 3.05) is 0 Å². The second kappa shape index (κ2) is 7.34. The fourth-order valence-electron chi connectivity index (χ4n) is 1.19. The molecule has 6 heteroatoms. The molecule has 0 fully saturated rings. The van der Waals surface area contributed by atoms with Crippen molar-refractivity contribution in [2.24, 2.45) is 5.11 Å². The smallest absolute Gasteiger partial charge is 0.423 e. The molecule has 1 amide bonds. The average Bonchev–Trinajstić information content (AvgIpc) is 2.30. The first kappa shape index (κ1) is 15.0. The van der Waals surface area contributed by atoms with Gasteiger partial charge in [-0.15, -0.1) is 0 Å². The van der Waals surface area contributed by atoms with E-state index in [1.54, 1.807) is 31.5 Å². The Bertz CT molecular complexity index is 381. The Morgan fingerprint density at radius 2 is 2.06 bits per heavy atom. The minimum atomic E-state index is -0.510. The Morgan fingerprint density at radius 1 is 1.47 bits per heavy atom. The molecule has 0 saturated carbocycles. The average molecular weight is 239 g/mol. The first-order valence-corrected chi connectivity index (χ1v) is 5.17. The van der Waals surface area contributed by atoms with Gasteiger partial charge in [-0.3, -0.25) is 0 Å². The fraction of sp³-hybridized carbons (Fsp3) is 0.364. The maximum absolute atomic E-state index is 11.3. The van der Waals surface area contributed by atoms with Gasteiger partial charge in [-0.1, -0.05) is 6.92 Å². The fourth-order valence-corrected chi connectivity index (χ4v) is 1.19. The summed E-state index contributed by atoms with van der Waals surface area (Å²) in [5.74, 6) is -0.510. The predicted octanol–water partition coefficient (Wildman–Crippen LogP) is 1.36. The van der Waals surface area contributed by atoms with Crippen LogP contribution in [0.25, 0.3) is 0 Å². The van der Waals surface area contributed by atoms with E-state index in [-0.39, 0.29) is 16.8 Å². The van der Waals surface area contributed by atoms with Crippen LogP contribution in [0.2, 0.25) is 0 Å². The lowest BCUT2D eigenvalue weighted by Crippen LogP contribution is -2.12. The highest BCUT2D eigenvalue weighted by atomic mass is 16.5. The Morgan fingerprint density at radius 3 is 2.59 bits per heavy atom. The highest BCUT2D eigenvalue weighted by molar-refractivity contribution is 5.66. The van der Waals surface area contributed by atoms with Crippen LogP contribution < -0.4 is 5.32 Å². The maximum Gasteiger partial charge on any atom is 0.423 e. The number of carbonyl (C=O) groups excluding carboxylic acids is 1. The number of hydroxylamine groups is 1. The minimum Gasteiger partial charge on any atom is -0.592 e. The summed E-state index contributed by atoms with van der Waals surface area (Å²) in [4.78, 5) is 11.4. The quantitative estimate of drug-likeness (QED) is 0.457. The Labute approximate surface area is 99.9 Å². The number of azo groups is 1. The number of carbonyl (C=O) groups is 1. The summed E-state index contributed by atoms with van der Waals surface area (Å²) in [7, 11) is 0. The van der Waals surface area contributed by atoms with E-state index in [0.717, 1.165) is 5.57 Å². The van der Waals surface area contributed by atoms with Crippen LogP contribution in [0.3, 0.4) is 0 Å². The molecule has 1 heterocycles. The molecule has 0 aromatic carbocycles. The third-order valence-electron chi connectivity index (χ3n) is 2.05. The number of allylic oxidation sites excluding steroid dienone is 4. The van der Waals surface area contributed by atoms with Gasteiger partial charge < -0.3 is 16.0 Å². The number of dihydropyridines is 1. The topological polar surface area (TPSA) is 99.0 Å². The maximum atomic E-state index is 11.3. The molecule has 0 radical (unpaired) electrons. The molecule has 1 aliphatic heterocycles. The van der Waals surface area contributed by atoms with E-state index in [4.69, 9.17) is 0 Å². The SMILES string of the molecule is CCCC(=O)[N+]([O-])=NC(C)=C1C=CNC=C1.O. The molecular formula is C11H17N3O3. The summed E-state index contributed by atoms with van der Waals surface area (Å²) < 4.78 is 0. The van der Waals surface area contributed by atoms with Crippen molar-refractivity contribution < 1.29 is 15.1 Å². The second-order valence-corrected chi connectivity index (χ2v) is 3.39. The van der Waals surface area contributed by atoms with Crippen LogP contribution in [0.1, 0.15) is 26.7 Å². The van der Waals surface area contributed by atoms with Crippen molar-refractivity contribution in [1.29, 1.82) is 0 Å². The van der Waals surface area contributed by atoms with Gasteiger partial charge in [0.25, 0.3) is 0 Å². The molecule has 0 aliphatic carbocycles. The molecule has 0 aromatic rings. The molecule has 0 atom stereocenters. The summed E-state index contributed by atoms with van der Waals surface area (Å²) in [6.45, 7) is 3.54. The van der Waals surface area contributed by atoms with Crippen molar-refractivity contribution in [3.63, 3.8) is 0 Å². The van der Waals surface area contributed by atoms with Gasteiger partial charge in [-0.25, -0.2) is 4.79 Å². The van der Waals surface area contributed by atoms with E-state index in [9.17, 15) is 10.0 Å². The molecule has 0 aromatic heterocycles. The molecule has 94 valence electrons. The van der Waals surface area contributed by atoms with Gasteiger partial charge in [0.1, 0.15) is 5.70 Å². The molecular weight excluding hydrogens is 222 g/mol. The lowest BCUT2D eigenvalue weighted by atomic mass is 10.2. The third-order valence-corrected chi connectivity index (χ3v) is 2.05. The van der Waals surface area contributed by atoms with E-state index in [1.165, 1.54) is 0 Å². The zero-order chi connectivity index (χ0) is 12.0. The summed E-state index contributed by atoms with van der Waals surface area (Å²) >= 11 is 0. The standard InChI is InChI=1S/C11H15N3O2.H2O/c1-3-4-11(15)14(16)13-9(2)10-5-7-12-8-6-10;/h5-8,12H,3-4H2,1-2H3;1H2. The monoisotopic (exact) mass is 239 g/mol. The normalized spacial score (nSPS) is 14.0. The molecule has 0 saturated heterocycles. The largest absolute Gasteiger partial charge is 0.592 e. The van der Waals surface area contributed by atoms with E-state index >= 15 is 0 Å². The summed E-state index contributed by atoms with van der Waals surface area (Å²) in [6, 6.07) is 0. The second-order valence-electron chi connectivity index (χ2n) is 3.39. The van der Waals surface area contributed by atoms with Crippen LogP contribution in [0.15, 0.2) is 40.9 Å². The number of amides is 1. The van der Waals surface area contributed by atoms with Crippen molar-refractivity contribution in [1.82, 2.24) is 5.32 Å². The number of hydrogen-bond acceptors (Lipinski definition) is 4. The highest BCUT2D eigenvalue weighted by Gasteiger charge is 2.11. The van der Waals surface area contributed by atoms with Crippen LogP contribution in [0.5, 0.6) is 0 Å². The molecule has 0 bridgehead atoms. The molecule has 6 nitrogen and oxygen atoms in total. The number of nitrogens with zero attached hydrogens (tertiary/aromatic N) is 2. The van der Waals surface area contributed by atoms with Crippen molar-refractivity contribution in [2.45, 2.75) is 26.7 Å². The molecule has 17 heavy (non-hydrogen) atoms. The van der Waals surface area contributed by atoms with Crippen molar-refractivity contribution >= 4 is 5.91 Å². The van der Waals surface area contributed by atoms with Gasteiger partial charge in [0.15, 0.2) is 0 Å². The zero-order valence-electron chi connectivity index (χ0n) is 9.93. The first-order valence-electron chi connectivity index (χ1n) is 5.17. The molecule has 0 unspecified atom stereocenters. The summed E-state index contributed by atoms with van der Waals surface area (Å²) in [5, 5.41) is 17.9. The number of nitrogens with one attached hydrogen (secondary N) is 1. The summed E-state index contributed by atoms with van der Waals surface area (Å²) in [5.41, 5.74) is 1.33. The number of rotatable bonds is 3. The molecule has 0 spiro atoms. The number of hydrogen-bond donors (Lipinski definition) is 1. The summed E-state index contributed by atoms with van der Waals surface area (Å²) in [6.07, 6.45) is 7.91. The lowest BCUT2D eigenvalue weighted by molar-refractivity contribution is -0.447. The molecule has 3 N–H and O–H groups in total.